The Morgan fingerprint density at radius 3 is 0.812 bits per heavy atom. The average Bonchev–Trinajstić information content (AvgIpc) is 3.29. The lowest BCUT2D eigenvalue weighted by Crippen LogP contribution is -2.30. The summed E-state index contributed by atoms with van der Waals surface area (Å²) < 4.78 is 16.9. The highest BCUT2D eigenvalue weighted by atomic mass is 16.6. The predicted molar refractivity (Wildman–Crippen MR) is 275 cm³/mol. The quantitative estimate of drug-likeness (QED) is 0.0344. The molecule has 0 heterocycles. The Morgan fingerprint density at radius 1 is 0.312 bits per heavy atom. The molecule has 0 rings (SSSR count). The summed E-state index contributed by atoms with van der Waals surface area (Å²) in [5, 5.41) is 0. The van der Waals surface area contributed by atoms with Crippen LogP contribution in [0, 0.1) is 11.8 Å². The molecule has 0 saturated carbocycles. The molecule has 0 amide bonds. The minimum absolute atomic E-state index is 0.0632. The van der Waals surface area contributed by atoms with E-state index < -0.39 is 6.10 Å². The van der Waals surface area contributed by atoms with Crippen LogP contribution >= 0.6 is 0 Å². The van der Waals surface area contributed by atoms with Crippen LogP contribution in [0.15, 0.2) is 0 Å². The number of unbranched alkanes of at least 4 members (excludes halogenated alkanes) is 35. The molecule has 380 valence electrons. The Labute approximate surface area is 399 Å². The number of hydrogen-bond acceptors (Lipinski definition) is 6. The lowest BCUT2D eigenvalue weighted by Gasteiger charge is -2.18. The van der Waals surface area contributed by atoms with Crippen LogP contribution in [-0.2, 0) is 28.6 Å². The Hall–Kier alpha value is -1.59. The zero-order valence-electron chi connectivity index (χ0n) is 43.9. The van der Waals surface area contributed by atoms with Crippen LogP contribution in [0.1, 0.15) is 324 Å². The van der Waals surface area contributed by atoms with Crippen molar-refractivity contribution in [2.24, 2.45) is 11.8 Å². The van der Waals surface area contributed by atoms with Gasteiger partial charge in [-0.3, -0.25) is 14.4 Å². The maximum Gasteiger partial charge on any atom is 0.306 e. The van der Waals surface area contributed by atoms with Crippen LogP contribution in [0.4, 0.5) is 0 Å². The molecule has 2 unspecified atom stereocenters. The summed E-state index contributed by atoms with van der Waals surface area (Å²) >= 11 is 0. The van der Waals surface area contributed by atoms with Crippen molar-refractivity contribution in [1.29, 1.82) is 0 Å². The Morgan fingerprint density at radius 2 is 0.547 bits per heavy atom. The number of ether oxygens (including phenoxy) is 3. The van der Waals surface area contributed by atoms with Crippen LogP contribution in [0.2, 0.25) is 0 Å². The molecule has 0 radical (unpaired) electrons. The van der Waals surface area contributed by atoms with Gasteiger partial charge in [0.1, 0.15) is 13.2 Å². The van der Waals surface area contributed by atoms with Crippen molar-refractivity contribution in [2.45, 2.75) is 330 Å². The van der Waals surface area contributed by atoms with Gasteiger partial charge < -0.3 is 14.2 Å². The SMILES string of the molecule is CCCCCCCCCCCCCCC(=O)OC[C@H](COC(=O)CCCCCCCCCCC(C)CC)OC(=O)CCCCCCCCCCCCCCCCCCCCC(C)CC. The standard InChI is InChI=1S/C58H112O6/c1-6-9-10-11-12-13-14-24-27-33-38-43-48-56(59)62-51-55(52-63-57(60)49-44-39-34-30-29-32-37-42-47-54(5)8-3)64-58(61)50-45-40-35-28-25-22-20-18-16-15-17-19-21-23-26-31-36-41-46-53(4)7-2/h53-55H,6-52H2,1-5H3/t53?,54?,55-/m1/s1. The summed E-state index contributed by atoms with van der Waals surface area (Å²) in [6, 6.07) is 0. The van der Waals surface area contributed by atoms with Crippen LogP contribution < -0.4 is 0 Å². The second-order valence-electron chi connectivity index (χ2n) is 20.4. The van der Waals surface area contributed by atoms with E-state index in [9.17, 15) is 14.4 Å². The van der Waals surface area contributed by atoms with Crippen LogP contribution in [-0.4, -0.2) is 37.2 Å². The van der Waals surface area contributed by atoms with Crippen molar-refractivity contribution in [2.75, 3.05) is 13.2 Å². The fourth-order valence-corrected chi connectivity index (χ4v) is 8.81. The van der Waals surface area contributed by atoms with Gasteiger partial charge in [-0.2, -0.15) is 0 Å². The van der Waals surface area contributed by atoms with Crippen molar-refractivity contribution < 1.29 is 28.6 Å². The molecule has 0 aromatic carbocycles. The molecule has 0 fully saturated rings. The van der Waals surface area contributed by atoms with Crippen molar-refractivity contribution >= 4 is 17.9 Å². The molecule has 0 N–H and O–H groups in total. The van der Waals surface area contributed by atoms with Crippen LogP contribution in [0.3, 0.4) is 0 Å². The molecular formula is C58H112O6. The molecule has 64 heavy (non-hydrogen) atoms. The van der Waals surface area contributed by atoms with E-state index in [0.717, 1.165) is 69.6 Å². The Bertz CT molecular complexity index is 982. The summed E-state index contributed by atoms with van der Waals surface area (Å²) in [6.07, 6.45) is 53.7. The number of esters is 3. The Kier molecular flexibility index (Phi) is 49.6. The first-order valence-electron chi connectivity index (χ1n) is 28.8. The molecule has 0 aliphatic carbocycles. The largest absolute Gasteiger partial charge is 0.462 e. The second-order valence-corrected chi connectivity index (χ2v) is 20.4. The second kappa shape index (κ2) is 50.8. The Balaban J connectivity index is 4.23. The maximum atomic E-state index is 12.8. The van der Waals surface area contributed by atoms with E-state index in [-0.39, 0.29) is 31.1 Å². The van der Waals surface area contributed by atoms with Gasteiger partial charge >= 0.3 is 17.9 Å². The molecule has 0 saturated heterocycles. The molecule has 0 aliphatic heterocycles. The molecule has 0 aromatic heterocycles. The predicted octanol–water partition coefficient (Wildman–Crippen LogP) is 18.9. The number of rotatable bonds is 52. The fraction of sp³-hybridized carbons (Fsp3) is 0.948. The summed E-state index contributed by atoms with van der Waals surface area (Å²) in [4.78, 5) is 38.1. The molecular weight excluding hydrogens is 793 g/mol. The van der Waals surface area contributed by atoms with Crippen molar-refractivity contribution in [1.82, 2.24) is 0 Å². The third-order valence-electron chi connectivity index (χ3n) is 13.9. The summed E-state index contributed by atoms with van der Waals surface area (Å²) in [6.45, 7) is 11.4. The van der Waals surface area contributed by atoms with Crippen molar-refractivity contribution in [3.8, 4) is 0 Å². The third-order valence-corrected chi connectivity index (χ3v) is 13.9. The van der Waals surface area contributed by atoms with E-state index in [1.165, 1.54) is 212 Å². The van der Waals surface area contributed by atoms with Gasteiger partial charge in [0.2, 0.25) is 0 Å². The molecule has 0 bridgehead atoms. The lowest BCUT2D eigenvalue weighted by atomic mass is 9.99. The molecule has 6 nitrogen and oxygen atoms in total. The molecule has 0 aromatic rings. The molecule has 3 atom stereocenters. The average molecular weight is 906 g/mol. The first-order valence-corrected chi connectivity index (χ1v) is 28.8. The summed E-state index contributed by atoms with van der Waals surface area (Å²) in [5.74, 6) is 0.914. The van der Waals surface area contributed by atoms with Crippen molar-refractivity contribution in [3.05, 3.63) is 0 Å². The highest BCUT2D eigenvalue weighted by Gasteiger charge is 2.19. The van der Waals surface area contributed by atoms with Crippen LogP contribution in [0.5, 0.6) is 0 Å². The normalized spacial score (nSPS) is 12.9. The minimum atomic E-state index is -0.762. The van der Waals surface area contributed by atoms with Gasteiger partial charge in [-0.05, 0) is 31.1 Å². The zero-order chi connectivity index (χ0) is 46.8. The van der Waals surface area contributed by atoms with Crippen LogP contribution in [0.25, 0.3) is 0 Å². The smallest absolute Gasteiger partial charge is 0.306 e. The van der Waals surface area contributed by atoms with Gasteiger partial charge in [-0.15, -0.1) is 0 Å². The van der Waals surface area contributed by atoms with E-state index in [4.69, 9.17) is 14.2 Å². The van der Waals surface area contributed by atoms with Crippen molar-refractivity contribution in [3.63, 3.8) is 0 Å². The number of carbonyl (C=O) groups excluding carboxylic acids is 3. The summed E-state index contributed by atoms with van der Waals surface area (Å²) in [7, 11) is 0. The van der Waals surface area contributed by atoms with Gasteiger partial charge in [0.15, 0.2) is 6.10 Å². The first-order chi connectivity index (χ1) is 31.3. The van der Waals surface area contributed by atoms with Gasteiger partial charge in [-0.25, -0.2) is 0 Å². The first kappa shape index (κ1) is 62.4. The van der Waals surface area contributed by atoms with E-state index in [0.29, 0.717) is 19.3 Å². The van der Waals surface area contributed by atoms with Gasteiger partial charge in [0.25, 0.3) is 0 Å². The molecule has 0 aliphatic rings. The van der Waals surface area contributed by atoms with E-state index in [1.807, 2.05) is 0 Å². The third kappa shape index (κ3) is 48.3. The number of hydrogen-bond donors (Lipinski definition) is 0. The van der Waals surface area contributed by atoms with E-state index in [2.05, 4.69) is 34.6 Å². The number of carbonyl (C=O) groups is 3. The highest BCUT2D eigenvalue weighted by molar-refractivity contribution is 5.71. The topological polar surface area (TPSA) is 78.9 Å². The van der Waals surface area contributed by atoms with E-state index >= 15 is 0 Å². The molecule has 0 spiro atoms. The zero-order valence-corrected chi connectivity index (χ0v) is 43.9. The van der Waals surface area contributed by atoms with Gasteiger partial charge in [0.05, 0.1) is 0 Å². The van der Waals surface area contributed by atoms with Gasteiger partial charge in [0, 0.05) is 19.3 Å². The minimum Gasteiger partial charge on any atom is -0.462 e. The maximum absolute atomic E-state index is 12.8. The monoisotopic (exact) mass is 905 g/mol. The fourth-order valence-electron chi connectivity index (χ4n) is 8.81. The van der Waals surface area contributed by atoms with E-state index in [1.54, 1.807) is 0 Å². The van der Waals surface area contributed by atoms with Gasteiger partial charge in [-0.1, -0.05) is 285 Å². The molecule has 6 heteroatoms. The summed E-state index contributed by atoms with van der Waals surface area (Å²) in [5.41, 5.74) is 0. The highest BCUT2D eigenvalue weighted by Crippen LogP contribution is 2.19. The lowest BCUT2D eigenvalue weighted by molar-refractivity contribution is -0.167.